The Morgan fingerprint density at radius 3 is 2.38 bits per heavy atom. The zero-order valence-electron chi connectivity index (χ0n) is 16.5. The lowest BCUT2D eigenvalue weighted by Gasteiger charge is -2.11. The molecule has 0 aromatic heterocycles. The number of hydrogen-bond donors (Lipinski definition) is 2. The van der Waals surface area contributed by atoms with Crippen molar-refractivity contribution in [3.05, 3.63) is 37.1 Å². The molecular weight excluding hydrogens is 344 g/mol. The fourth-order valence-electron chi connectivity index (χ4n) is 2.50. The maximum atomic E-state index is 11.9. The molecule has 4 nitrogen and oxygen atoms in total. The smallest absolute Gasteiger partial charge is 0.226 e. The van der Waals surface area contributed by atoms with Crippen LogP contribution in [0.5, 0.6) is 0 Å². The fraction of sp³-hybridized carbons (Fsp3) is 0.619. The lowest BCUT2D eigenvalue weighted by molar-refractivity contribution is -0.127. The molecule has 0 aromatic rings. The normalized spacial score (nSPS) is 12.4. The van der Waals surface area contributed by atoms with E-state index in [1.54, 1.807) is 11.9 Å². The third kappa shape index (κ3) is 14.8. The first kappa shape index (κ1) is 24.5. The van der Waals surface area contributed by atoms with E-state index >= 15 is 0 Å². The predicted molar refractivity (Wildman–Crippen MR) is 114 cm³/mol. The summed E-state index contributed by atoms with van der Waals surface area (Å²) in [4.78, 5) is 24.6. The number of hydrogen-bond acceptors (Lipinski definition) is 3. The molecule has 0 fully saturated rings. The highest BCUT2D eigenvalue weighted by molar-refractivity contribution is 7.80. The molecule has 0 heterocycles. The van der Waals surface area contributed by atoms with Crippen molar-refractivity contribution >= 4 is 24.4 Å². The number of carbonyl (C=O) groups is 2. The number of thiol groups is 1. The van der Waals surface area contributed by atoms with Crippen molar-refractivity contribution in [2.45, 2.75) is 70.8 Å². The number of allylic oxidation sites excluding steroid dienone is 3. The Morgan fingerprint density at radius 1 is 1.12 bits per heavy atom. The molecule has 0 rings (SSSR count). The SMILES string of the molecule is C=CC/C=C/N(C)C(=O)CCCCCCCC/C=C/C(CS)NC(C)=O. The van der Waals surface area contributed by atoms with Crippen LogP contribution in [0.25, 0.3) is 0 Å². The van der Waals surface area contributed by atoms with Crippen LogP contribution in [0.1, 0.15) is 64.7 Å². The Labute approximate surface area is 165 Å². The van der Waals surface area contributed by atoms with Crippen molar-refractivity contribution in [2.24, 2.45) is 0 Å². The second-order valence-electron chi connectivity index (χ2n) is 6.49. The van der Waals surface area contributed by atoms with E-state index in [1.165, 1.54) is 26.2 Å². The van der Waals surface area contributed by atoms with Crippen LogP contribution in [0.4, 0.5) is 0 Å². The van der Waals surface area contributed by atoms with Gasteiger partial charge in [0.05, 0.1) is 6.04 Å². The molecule has 5 heteroatoms. The Bertz CT molecular complexity index is 461. The molecule has 1 atom stereocenters. The molecule has 0 aliphatic heterocycles. The van der Waals surface area contributed by atoms with Crippen LogP contribution in [0.3, 0.4) is 0 Å². The van der Waals surface area contributed by atoms with Gasteiger partial charge in [-0.15, -0.1) is 6.58 Å². The Kier molecular flexibility index (Phi) is 16.0. The number of nitrogens with one attached hydrogen (secondary N) is 1. The van der Waals surface area contributed by atoms with Crippen molar-refractivity contribution in [3.8, 4) is 0 Å². The Hall–Kier alpha value is -1.49. The molecule has 0 saturated heterocycles. The van der Waals surface area contributed by atoms with Gasteiger partial charge in [-0.1, -0.05) is 50.0 Å². The maximum Gasteiger partial charge on any atom is 0.226 e. The van der Waals surface area contributed by atoms with E-state index in [2.05, 4.69) is 30.6 Å². The molecule has 0 aliphatic carbocycles. The monoisotopic (exact) mass is 380 g/mol. The number of carbonyl (C=O) groups excluding carboxylic acids is 2. The minimum absolute atomic E-state index is 0.0221. The zero-order chi connectivity index (χ0) is 19.6. The first-order chi connectivity index (χ1) is 12.5. The topological polar surface area (TPSA) is 49.4 Å². The van der Waals surface area contributed by atoms with E-state index in [-0.39, 0.29) is 17.9 Å². The molecule has 0 bridgehead atoms. The van der Waals surface area contributed by atoms with Crippen molar-refractivity contribution in [2.75, 3.05) is 12.8 Å². The molecular formula is C21H36N2O2S. The molecule has 0 aromatic carbocycles. The summed E-state index contributed by atoms with van der Waals surface area (Å²) in [5.74, 6) is 0.771. The molecule has 1 unspecified atom stereocenters. The predicted octanol–water partition coefficient (Wildman–Crippen LogP) is 4.65. The van der Waals surface area contributed by atoms with Crippen molar-refractivity contribution in [1.29, 1.82) is 0 Å². The lowest BCUT2D eigenvalue weighted by atomic mass is 10.1. The third-order valence-electron chi connectivity index (χ3n) is 3.99. The molecule has 148 valence electrons. The van der Waals surface area contributed by atoms with Crippen LogP contribution in [0.2, 0.25) is 0 Å². The van der Waals surface area contributed by atoms with Crippen molar-refractivity contribution in [1.82, 2.24) is 10.2 Å². The summed E-state index contributed by atoms with van der Waals surface area (Å²) in [6.45, 7) is 5.17. The van der Waals surface area contributed by atoms with E-state index in [1.807, 2.05) is 24.4 Å². The van der Waals surface area contributed by atoms with E-state index < -0.39 is 0 Å². The Balaban J connectivity index is 3.60. The van der Waals surface area contributed by atoms with Crippen molar-refractivity contribution < 1.29 is 9.59 Å². The van der Waals surface area contributed by atoms with Gasteiger partial charge in [-0.2, -0.15) is 12.6 Å². The van der Waals surface area contributed by atoms with E-state index in [4.69, 9.17) is 0 Å². The minimum Gasteiger partial charge on any atom is -0.349 e. The second-order valence-corrected chi connectivity index (χ2v) is 6.86. The van der Waals surface area contributed by atoms with Gasteiger partial charge in [0.15, 0.2) is 0 Å². The zero-order valence-corrected chi connectivity index (χ0v) is 17.3. The fourth-order valence-corrected chi connectivity index (χ4v) is 2.71. The summed E-state index contributed by atoms with van der Waals surface area (Å²) in [6, 6.07) is 0.0260. The van der Waals surface area contributed by atoms with E-state index in [0.29, 0.717) is 12.2 Å². The molecule has 1 N–H and O–H groups in total. The molecule has 26 heavy (non-hydrogen) atoms. The molecule has 0 aliphatic rings. The van der Waals surface area contributed by atoms with E-state index in [0.717, 1.165) is 32.1 Å². The lowest BCUT2D eigenvalue weighted by Crippen LogP contribution is -2.32. The molecule has 0 saturated carbocycles. The highest BCUT2D eigenvalue weighted by atomic mass is 32.1. The van der Waals surface area contributed by atoms with Gasteiger partial charge in [-0.3, -0.25) is 9.59 Å². The molecule has 2 amide bonds. The van der Waals surface area contributed by atoms with Crippen LogP contribution >= 0.6 is 12.6 Å². The summed E-state index contributed by atoms with van der Waals surface area (Å²) < 4.78 is 0. The van der Waals surface area contributed by atoms with Crippen LogP contribution in [-0.4, -0.2) is 35.6 Å². The second kappa shape index (κ2) is 17.0. The summed E-state index contributed by atoms with van der Waals surface area (Å²) in [7, 11) is 1.81. The van der Waals surface area contributed by atoms with Gasteiger partial charge < -0.3 is 10.2 Å². The van der Waals surface area contributed by atoms with Gasteiger partial charge in [0.1, 0.15) is 0 Å². The minimum atomic E-state index is -0.0221. The summed E-state index contributed by atoms with van der Waals surface area (Å²) >= 11 is 4.23. The van der Waals surface area contributed by atoms with E-state index in [9.17, 15) is 9.59 Å². The molecule has 0 radical (unpaired) electrons. The summed E-state index contributed by atoms with van der Waals surface area (Å²) in [5, 5.41) is 2.84. The number of nitrogens with zero attached hydrogens (tertiary/aromatic N) is 1. The molecule has 0 spiro atoms. The summed E-state index contributed by atoms with van der Waals surface area (Å²) in [5.41, 5.74) is 0. The van der Waals surface area contributed by atoms with Crippen LogP contribution in [0, 0.1) is 0 Å². The Morgan fingerprint density at radius 2 is 1.77 bits per heavy atom. The third-order valence-corrected chi connectivity index (χ3v) is 4.38. The highest BCUT2D eigenvalue weighted by Gasteiger charge is 2.05. The number of rotatable bonds is 15. The van der Waals surface area contributed by atoms with Crippen LogP contribution < -0.4 is 5.32 Å². The number of unbranched alkanes of at least 4 members (excludes halogenated alkanes) is 6. The van der Waals surface area contributed by atoms with Gasteiger partial charge >= 0.3 is 0 Å². The number of amides is 2. The maximum absolute atomic E-state index is 11.9. The standard InChI is InChI=1S/C21H36N2O2S/c1-4-5-14-17-23(3)21(25)16-13-11-9-7-6-8-10-12-15-20(18-26)22-19(2)24/h4,12,14-15,17,20,26H,1,5-11,13,16,18H2,2-3H3,(H,22,24)/b15-12+,17-14+. The van der Waals surface area contributed by atoms with Gasteiger partial charge in [0, 0.05) is 32.3 Å². The van der Waals surface area contributed by atoms with Crippen LogP contribution in [-0.2, 0) is 9.59 Å². The average molecular weight is 381 g/mol. The van der Waals surface area contributed by atoms with Gasteiger partial charge in [0.25, 0.3) is 0 Å². The van der Waals surface area contributed by atoms with Gasteiger partial charge in [0.2, 0.25) is 11.8 Å². The highest BCUT2D eigenvalue weighted by Crippen LogP contribution is 2.10. The summed E-state index contributed by atoms with van der Waals surface area (Å²) in [6.07, 6.45) is 19.0. The quantitative estimate of drug-likeness (QED) is 0.247. The van der Waals surface area contributed by atoms with Crippen LogP contribution in [0.15, 0.2) is 37.1 Å². The largest absolute Gasteiger partial charge is 0.349 e. The average Bonchev–Trinajstić information content (AvgIpc) is 2.61. The first-order valence-electron chi connectivity index (χ1n) is 9.59. The van der Waals surface area contributed by atoms with Gasteiger partial charge in [-0.05, 0) is 25.7 Å². The van der Waals surface area contributed by atoms with Crippen molar-refractivity contribution in [3.63, 3.8) is 0 Å². The van der Waals surface area contributed by atoms with Gasteiger partial charge in [-0.25, -0.2) is 0 Å². The first-order valence-corrected chi connectivity index (χ1v) is 10.2.